The molecule has 24 heavy (non-hydrogen) atoms. The van der Waals surface area contributed by atoms with Crippen molar-refractivity contribution in [3.63, 3.8) is 0 Å². The molecule has 2 rings (SSSR count). The standard InChI is InChI=1S/C18H26N2O4/c1-12(2)17(13-4-6-15(24-3)7-5-13)19-16(21)11-20-9-8-14(10-20)18(22)23/h4-7,12,14,17H,8-11H2,1-3H3,(H,19,21)(H,22,23). The lowest BCUT2D eigenvalue weighted by atomic mass is 9.96. The van der Waals surface area contributed by atoms with Crippen LogP contribution < -0.4 is 10.1 Å². The first kappa shape index (κ1) is 18.3. The van der Waals surface area contributed by atoms with Gasteiger partial charge < -0.3 is 15.2 Å². The molecule has 6 nitrogen and oxygen atoms in total. The van der Waals surface area contributed by atoms with Gasteiger partial charge in [0.25, 0.3) is 0 Å². The summed E-state index contributed by atoms with van der Waals surface area (Å²) >= 11 is 0. The number of carbonyl (C=O) groups excluding carboxylic acids is 1. The second-order valence-electron chi connectivity index (χ2n) is 6.62. The Morgan fingerprint density at radius 1 is 1.33 bits per heavy atom. The molecule has 1 aliphatic rings. The summed E-state index contributed by atoms with van der Waals surface area (Å²) in [6.45, 7) is 5.46. The third kappa shape index (κ3) is 4.71. The number of amides is 1. The molecular formula is C18H26N2O4. The molecule has 0 aliphatic carbocycles. The SMILES string of the molecule is COc1ccc(C(NC(=O)CN2CCC(C(=O)O)C2)C(C)C)cc1. The minimum absolute atomic E-state index is 0.0736. The second kappa shape index (κ2) is 8.15. The molecule has 1 saturated heterocycles. The molecule has 0 radical (unpaired) electrons. The Labute approximate surface area is 142 Å². The van der Waals surface area contributed by atoms with Crippen molar-refractivity contribution in [3.8, 4) is 5.75 Å². The number of hydrogen-bond acceptors (Lipinski definition) is 4. The molecule has 0 aromatic heterocycles. The van der Waals surface area contributed by atoms with Crippen LogP contribution in [0, 0.1) is 11.8 Å². The molecule has 1 heterocycles. The van der Waals surface area contributed by atoms with Gasteiger partial charge in [-0.25, -0.2) is 0 Å². The van der Waals surface area contributed by atoms with Crippen LogP contribution in [0.5, 0.6) is 5.75 Å². The number of nitrogens with zero attached hydrogens (tertiary/aromatic N) is 1. The van der Waals surface area contributed by atoms with Crippen molar-refractivity contribution in [2.45, 2.75) is 26.3 Å². The van der Waals surface area contributed by atoms with Crippen molar-refractivity contribution in [2.75, 3.05) is 26.7 Å². The highest BCUT2D eigenvalue weighted by Crippen LogP contribution is 2.24. The van der Waals surface area contributed by atoms with Gasteiger partial charge in [0.15, 0.2) is 0 Å². The average Bonchev–Trinajstić information content (AvgIpc) is 3.01. The molecule has 132 valence electrons. The van der Waals surface area contributed by atoms with E-state index in [0.717, 1.165) is 11.3 Å². The molecule has 1 aromatic rings. The molecular weight excluding hydrogens is 308 g/mol. The van der Waals surface area contributed by atoms with Crippen LogP contribution >= 0.6 is 0 Å². The zero-order valence-corrected chi connectivity index (χ0v) is 14.5. The summed E-state index contributed by atoms with van der Waals surface area (Å²) in [4.78, 5) is 25.3. The topological polar surface area (TPSA) is 78.9 Å². The van der Waals surface area contributed by atoms with E-state index in [0.29, 0.717) is 19.5 Å². The third-order valence-corrected chi connectivity index (χ3v) is 4.45. The number of methoxy groups -OCH3 is 1. The normalized spacial score (nSPS) is 19.2. The van der Waals surface area contributed by atoms with Gasteiger partial charge in [0, 0.05) is 6.54 Å². The molecule has 0 saturated carbocycles. The van der Waals surface area contributed by atoms with Crippen LogP contribution in [0.15, 0.2) is 24.3 Å². The molecule has 1 fully saturated rings. The summed E-state index contributed by atoms with van der Waals surface area (Å²) in [5.41, 5.74) is 1.03. The van der Waals surface area contributed by atoms with Gasteiger partial charge in [0.1, 0.15) is 5.75 Å². The summed E-state index contributed by atoms with van der Waals surface area (Å²) in [7, 11) is 1.62. The summed E-state index contributed by atoms with van der Waals surface area (Å²) in [5.74, 6) is -0.191. The minimum Gasteiger partial charge on any atom is -0.497 e. The Hall–Kier alpha value is -2.08. The minimum atomic E-state index is -0.781. The molecule has 6 heteroatoms. The van der Waals surface area contributed by atoms with E-state index in [9.17, 15) is 9.59 Å². The number of aliphatic carboxylic acids is 1. The zero-order chi connectivity index (χ0) is 17.7. The summed E-state index contributed by atoms with van der Waals surface area (Å²) < 4.78 is 5.17. The van der Waals surface area contributed by atoms with Crippen molar-refractivity contribution in [1.82, 2.24) is 10.2 Å². The Morgan fingerprint density at radius 3 is 2.50 bits per heavy atom. The van der Waals surface area contributed by atoms with E-state index >= 15 is 0 Å². The fraction of sp³-hybridized carbons (Fsp3) is 0.556. The van der Waals surface area contributed by atoms with Crippen molar-refractivity contribution in [3.05, 3.63) is 29.8 Å². The van der Waals surface area contributed by atoms with Crippen LogP contribution in [-0.2, 0) is 9.59 Å². The molecule has 2 atom stereocenters. The Kier molecular flexibility index (Phi) is 6.20. The summed E-state index contributed by atoms with van der Waals surface area (Å²) in [5, 5.41) is 12.1. The van der Waals surface area contributed by atoms with Crippen molar-refractivity contribution in [2.24, 2.45) is 11.8 Å². The molecule has 1 amide bonds. The third-order valence-electron chi connectivity index (χ3n) is 4.45. The van der Waals surface area contributed by atoms with Crippen LogP contribution in [0.1, 0.15) is 31.9 Å². The van der Waals surface area contributed by atoms with Crippen LogP contribution in [0.2, 0.25) is 0 Å². The monoisotopic (exact) mass is 334 g/mol. The fourth-order valence-electron chi connectivity index (χ4n) is 3.05. The summed E-state index contributed by atoms with van der Waals surface area (Å²) in [6, 6.07) is 7.60. The summed E-state index contributed by atoms with van der Waals surface area (Å²) in [6.07, 6.45) is 0.606. The fourth-order valence-corrected chi connectivity index (χ4v) is 3.05. The zero-order valence-electron chi connectivity index (χ0n) is 14.5. The largest absolute Gasteiger partial charge is 0.497 e. The van der Waals surface area contributed by atoms with Crippen molar-refractivity contribution >= 4 is 11.9 Å². The number of nitrogens with one attached hydrogen (secondary N) is 1. The number of carbonyl (C=O) groups is 2. The number of likely N-dealkylation sites (tertiary alicyclic amines) is 1. The van der Waals surface area contributed by atoms with Gasteiger partial charge in [-0.2, -0.15) is 0 Å². The van der Waals surface area contributed by atoms with Crippen molar-refractivity contribution in [1.29, 1.82) is 0 Å². The predicted molar refractivity (Wildman–Crippen MR) is 90.9 cm³/mol. The maximum Gasteiger partial charge on any atom is 0.307 e. The van der Waals surface area contributed by atoms with Gasteiger partial charge in [0.05, 0.1) is 25.6 Å². The van der Waals surface area contributed by atoms with E-state index in [4.69, 9.17) is 9.84 Å². The van der Waals surface area contributed by atoms with Crippen molar-refractivity contribution < 1.29 is 19.4 Å². The maximum atomic E-state index is 12.4. The highest BCUT2D eigenvalue weighted by molar-refractivity contribution is 5.79. The van der Waals surface area contributed by atoms with E-state index < -0.39 is 5.97 Å². The number of hydrogen-bond donors (Lipinski definition) is 2. The highest BCUT2D eigenvalue weighted by Gasteiger charge is 2.29. The molecule has 0 bridgehead atoms. The first-order chi connectivity index (χ1) is 11.4. The Balaban J connectivity index is 1.95. The molecule has 1 aromatic carbocycles. The quantitative estimate of drug-likeness (QED) is 0.796. The number of ether oxygens (including phenoxy) is 1. The van der Waals surface area contributed by atoms with E-state index in [2.05, 4.69) is 19.2 Å². The van der Waals surface area contributed by atoms with Gasteiger partial charge in [-0.1, -0.05) is 26.0 Å². The average molecular weight is 334 g/mol. The second-order valence-corrected chi connectivity index (χ2v) is 6.62. The van der Waals surface area contributed by atoms with E-state index in [-0.39, 0.29) is 30.3 Å². The smallest absolute Gasteiger partial charge is 0.307 e. The van der Waals surface area contributed by atoms with Gasteiger partial charge in [-0.15, -0.1) is 0 Å². The first-order valence-electron chi connectivity index (χ1n) is 8.29. The molecule has 2 N–H and O–H groups in total. The number of rotatable bonds is 7. The van der Waals surface area contributed by atoms with Gasteiger partial charge in [-0.05, 0) is 36.6 Å². The van der Waals surface area contributed by atoms with E-state index in [1.54, 1.807) is 7.11 Å². The van der Waals surface area contributed by atoms with E-state index in [1.807, 2.05) is 29.2 Å². The molecule has 0 spiro atoms. The van der Waals surface area contributed by atoms with E-state index in [1.165, 1.54) is 0 Å². The molecule has 2 unspecified atom stereocenters. The first-order valence-corrected chi connectivity index (χ1v) is 8.29. The predicted octanol–water partition coefficient (Wildman–Crippen LogP) is 1.91. The number of carboxylic acid groups (broad SMARTS) is 1. The lowest BCUT2D eigenvalue weighted by Gasteiger charge is -2.24. The van der Waals surface area contributed by atoms with Crippen LogP contribution in [0.25, 0.3) is 0 Å². The lowest BCUT2D eigenvalue weighted by Crippen LogP contribution is -2.39. The van der Waals surface area contributed by atoms with Crippen LogP contribution in [0.4, 0.5) is 0 Å². The highest BCUT2D eigenvalue weighted by atomic mass is 16.5. The van der Waals surface area contributed by atoms with Gasteiger partial charge in [0.2, 0.25) is 5.91 Å². The lowest BCUT2D eigenvalue weighted by molar-refractivity contribution is -0.141. The molecule has 1 aliphatic heterocycles. The number of carboxylic acids is 1. The Morgan fingerprint density at radius 2 is 2.00 bits per heavy atom. The van der Waals surface area contributed by atoms with Crippen LogP contribution in [-0.4, -0.2) is 48.6 Å². The van der Waals surface area contributed by atoms with Crippen LogP contribution in [0.3, 0.4) is 0 Å². The van der Waals surface area contributed by atoms with Gasteiger partial charge >= 0.3 is 5.97 Å². The van der Waals surface area contributed by atoms with Gasteiger partial charge in [-0.3, -0.25) is 14.5 Å². The Bertz CT molecular complexity index is 571. The number of benzene rings is 1. The maximum absolute atomic E-state index is 12.4.